The molecular formula is C28H31N5O8. The zero-order chi connectivity index (χ0) is 29.6. The lowest BCUT2D eigenvalue weighted by Gasteiger charge is -2.19. The van der Waals surface area contributed by atoms with E-state index in [1.165, 1.54) is 19.2 Å². The Morgan fingerprint density at radius 3 is 2.22 bits per heavy atom. The van der Waals surface area contributed by atoms with Crippen LogP contribution in [0.3, 0.4) is 0 Å². The van der Waals surface area contributed by atoms with Crippen LogP contribution in [0, 0.1) is 0 Å². The molecule has 3 aromatic rings. The van der Waals surface area contributed by atoms with Gasteiger partial charge in [-0.3, -0.25) is 19.7 Å². The van der Waals surface area contributed by atoms with E-state index in [0.29, 0.717) is 6.54 Å². The number of hydrogen-bond donors (Lipinski definition) is 5. The van der Waals surface area contributed by atoms with E-state index in [1.54, 1.807) is 24.3 Å². The second-order valence-corrected chi connectivity index (χ2v) is 8.92. The number of carbonyl (C=O) groups excluding carboxylic acids is 4. The maximum atomic E-state index is 12.7. The molecule has 0 aliphatic rings. The minimum Gasteiger partial charge on any atom is -0.481 e. The molecule has 0 saturated carbocycles. The van der Waals surface area contributed by atoms with E-state index in [1.807, 2.05) is 36.4 Å². The molecule has 0 fully saturated rings. The Bertz CT molecular complexity index is 1330. The largest absolute Gasteiger partial charge is 0.481 e. The number of furan rings is 1. The fourth-order valence-electron chi connectivity index (χ4n) is 3.54. The van der Waals surface area contributed by atoms with Gasteiger partial charge in [0.25, 0.3) is 5.91 Å². The highest BCUT2D eigenvalue weighted by Crippen LogP contribution is 2.15. The van der Waals surface area contributed by atoms with E-state index < -0.39 is 42.4 Å². The number of rotatable bonds is 13. The second-order valence-electron chi connectivity index (χ2n) is 8.92. The molecule has 0 bridgehead atoms. The summed E-state index contributed by atoms with van der Waals surface area (Å²) in [6, 6.07) is 19.5. The van der Waals surface area contributed by atoms with Crippen molar-refractivity contribution in [2.75, 3.05) is 25.5 Å². The molecule has 41 heavy (non-hydrogen) atoms. The molecule has 13 nitrogen and oxygen atoms in total. The molecule has 13 heteroatoms. The van der Waals surface area contributed by atoms with Crippen molar-refractivity contribution in [2.45, 2.75) is 25.6 Å². The molecule has 0 aliphatic heterocycles. The number of nitrogens with one attached hydrogen (secondary N) is 4. The van der Waals surface area contributed by atoms with Crippen LogP contribution in [-0.2, 0) is 27.5 Å². The van der Waals surface area contributed by atoms with Crippen LogP contribution in [0.15, 0.2) is 77.2 Å². The third-order valence-electron chi connectivity index (χ3n) is 5.58. The normalized spacial score (nSPS) is 11.0. The predicted octanol–water partition coefficient (Wildman–Crippen LogP) is 2.56. The summed E-state index contributed by atoms with van der Waals surface area (Å²) in [6.07, 6.45) is -1.30. The van der Waals surface area contributed by atoms with Crippen LogP contribution in [0.4, 0.5) is 15.5 Å². The molecule has 0 spiro atoms. The lowest BCUT2D eigenvalue weighted by atomic mass is 10.2. The maximum Gasteiger partial charge on any atom is 0.407 e. The second kappa shape index (κ2) is 15.3. The van der Waals surface area contributed by atoms with Crippen molar-refractivity contribution in [3.05, 3.63) is 89.7 Å². The van der Waals surface area contributed by atoms with Crippen molar-refractivity contribution in [2.24, 2.45) is 0 Å². The van der Waals surface area contributed by atoms with Crippen LogP contribution in [0.2, 0.25) is 0 Å². The van der Waals surface area contributed by atoms with Crippen molar-refractivity contribution in [1.82, 2.24) is 20.9 Å². The van der Waals surface area contributed by atoms with E-state index in [0.717, 1.165) is 16.0 Å². The fourth-order valence-corrected chi connectivity index (χ4v) is 3.54. The number of urea groups is 1. The summed E-state index contributed by atoms with van der Waals surface area (Å²) < 4.78 is 10.5. The number of carboxylic acid groups (broad SMARTS) is 1. The highest BCUT2D eigenvalue weighted by molar-refractivity contribution is 5.95. The molecule has 2 aromatic carbocycles. The van der Waals surface area contributed by atoms with Gasteiger partial charge in [0.15, 0.2) is 5.76 Å². The van der Waals surface area contributed by atoms with Crippen LogP contribution < -0.4 is 21.3 Å². The van der Waals surface area contributed by atoms with E-state index in [2.05, 4.69) is 21.3 Å². The van der Waals surface area contributed by atoms with Crippen LogP contribution in [-0.4, -0.2) is 66.1 Å². The Hall–Kier alpha value is -5.33. The van der Waals surface area contributed by atoms with Crippen molar-refractivity contribution in [3.8, 4) is 0 Å². The summed E-state index contributed by atoms with van der Waals surface area (Å²) >= 11 is 0. The molecule has 0 unspecified atom stereocenters. The van der Waals surface area contributed by atoms with Crippen LogP contribution in [0.25, 0.3) is 0 Å². The first-order valence-electron chi connectivity index (χ1n) is 12.6. The highest BCUT2D eigenvalue weighted by Gasteiger charge is 2.21. The van der Waals surface area contributed by atoms with Gasteiger partial charge in [0, 0.05) is 26.2 Å². The number of ether oxygens (including phenoxy) is 1. The van der Waals surface area contributed by atoms with Gasteiger partial charge >= 0.3 is 18.1 Å². The molecule has 0 aliphatic carbocycles. The average molecular weight is 566 g/mol. The summed E-state index contributed by atoms with van der Waals surface area (Å²) in [5.41, 5.74) is 1.66. The quantitative estimate of drug-likeness (QED) is 0.210. The zero-order valence-corrected chi connectivity index (χ0v) is 22.3. The van der Waals surface area contributed by atoms with Crippen molar-refractivity contribution >= 4 is 35.8 Å². The molecule has 5 N–H and O–H groups in total. The van der Waals surface area contributed by atoms with Gasteiger partial charge in [-0.05, 0) is 17.2 Å². The number of aliphatic carboxylic acids is 1. The molecule has 5 amide bonds. The molecule has 0 saturated heterocycles. The highest BCUT2D eigenvalue weighted by atomic mass is 16.5. The summed E-state index contributed by atoms with van der Waals surface area (Å²) in [7, 11) is 1.37. The predicted molar refractivity (Wildman–Crippen MR) is 147 cm³/mol. The van der Waals surface area contributed by atoms with Gasteiger partial charge in [0.2, 0.25) is 11.8 Å². The molecule has 1 atom stereocenters. The van der Waals surface area contributed by atoms with Gasteiger partial charge < -0.3 is 35.1 Å². The third-order valence-corrected chi connectivity index (χ3v) is 5.58. The average Bonchev–Trinajstić information content (AvgIpc) is 3.42. The monoisotopic (exact) mass is 565 g/mol. The first-order valence-corrected chi connectivity index (χ1v) is 12.6. The van der Waals surface area contributed by atoms with Gasteiger partial charge in [-0.15, -0.1) is 0 Å². The van der Waals surface area contributed by atoms with Crippen LogP contribution in [0.1, 0.15) is 28.1 Å². The van der Waals surface area contributed by atoms with E-state index >= 15 is 0 Å². The number of likely N-dealkylation sites (N-methyl/N-ethyl adjacent to an activating group) is 1. The number of hydrogen-bond acceptors (Lipinski definition) is 7. The third kappa shape index (κ3) is 10.8. The summed E-state index contributed by atoms with van der Waals surface area (Å²) in [5, 5.41) is 19.2. The first kappa shape index (κ1) is 30.2. The van der Waals surface area contributed by atoms with Crippen molar-refractivity contribution < 1.29 is 38.2 Å². The van der Waals surface area contributed by atoms with Gasteiger partial charge in [0.05, 0.1) is 19.0 Å². The summed E-state index contributed by atoms with van der Waals surface area (Å²) in [5.74, 6) is -2.47. The van der Waals surface area contributed by atoms with Gasteiger partial charge in [-0.25, -0.2) is 9.59 Å². The smallest absolute Gasteiger partial charge is 0.407 e. The molecule has 216 valence electrons. The van der Waals surface area contributed by atoms with Gasteiger partial charge in [-0.1, -0.05) is 60.7 Å². The number of amides is 5. The Kier molecular flexibility index (Phi) is 11.3. The Labute approximate surface area is 235 Å². The van der Waals surface area contributed by atoms with E-state index in [4.69, 9.17) is 14.3 Å². The standard InChI is InChI=1S/C28H31N5O8/c1-33(26(37)22-12-13-24(41-22)32-27(38)30-15-19-8-4-2-5-9-19)17-23(34)29-16-21(14-25(35)36)31-28(39)40-18-20-10-6-3-7-11-20/h2-13,21H,14-18H2,1H3,(H,29,34)(H,31,39)(H,35,36)(H2,30,32,38)/t21-/m1/s1. The Morgan fingerprint density at radius 2 is 1.56 bits per heavy atom. The molecule has 1 aromatic heterocycles. The van der Waals surface area contributed by atoms with Gasteiger partial charge in [0.1, 0.15) is 6.61 Å². The van der Waals surface area contributed by atoms with Crippen molar-refractivity contribution in [3.63, 3.8) is 0 Å². The molecule has 3 rings (SSSR count). The van der Waals surface area contributed by atoms with E-state index in [-0.39, 0.29) is 31.3 Å². The lowest BCUT2D eigenvalue weighted by molar-refractivity contribution is -0.137. The maximum absolute atomic E-state index is 12.7. The number of nitrogens with zero attached hydrogens (tertiary/aromatic N) is 1. The number of anilines is 1. The minimum atomic E-state index is -1.18. The topological polar surface area (TPSA) is 179 Å². The summed E-state index contributed by atoms with van der Waals surface area (Å²) in [4.78, 5) is 61.6. The number of alkyl carbamates (subject to hydrolysis) is 1. The lowest BCUT2D eigenvalue weighted by Crippen LogP contribution is -2.47. The van der Waals surface area contributed by atoms with Crippen LogP contribution in [0.5, 0.6) is 0 Å². The number of carbonyl (C=O) groups is 5. The van der Waals surface area contributed by atoms with Gasteiger partial charge in [-0.2, -0.15) is 0 Å². The fraction of sp³-hybridized carbons (Fsp3) is 0.250. The first-order chi connectivity index (χ1) is 19.7. The zero-order valence-electron chi connectivity index (χ0n) is 22.3. The minimum absolute atomic E-state index is 0.00585. The molecule has 0 radical (unpaired) electrons. The molecule has 1 heterocycles. The summed E-state index contributed by atoms with van der Waals surface area (Å²) in [6.45, 7) is -0.290. The molecular weight excluding hydrogens is 534 g/mol. The SMILES string of the molecule is CN(CC(=O)NC[C@@H](CC(=O)O)NC(=O)OCc1ccccc1)C(=O)c1ccc(NC(=O)NCc2ccccc2)o1. The number of carboxylic acids is 1. The Balaban J connectivity index is 1.42. The van der Waals surface area contributed by atoms with Crippen molar-refractivity contribution in [1.29, 1.82) is 0 Å². The van der Waals surface area contributed by atoms with E-state index in [9.17, 15) is 24.0 Å². The number of benzene rings is 2. The van der Waals surface area contributed by atoms with Crippen LogP contribution >= 0.6 is 0 Å². The Morgan fingerprint density at radius 1 is 0.902 bits per heavy atom.